The Morgan fingerprint density at radius 3 is 2.50 bits per heavy atom. The monoisotopic (exact) mass is 197 g/mol. The molecule has 0 aromatic carbocycles. The van der Waals surface area contributed by atoms with Gasteiger partial charge in [0.25, 0.3) is 0 Å². The molecule has 0 unspecified atom stereocenters. The summed E-state index contributed by atoms with van der Waals surface area (Å²) in [7, 11) is 0. The van der Waals surface area contributed by atoms with Crippen molar-refractivity contribution < 1.29 is 9.18 Å². The van der Waals surface area contributed by atoms with Gasteiger partial charge < -0.3 is 4.90 Å². The van der Waals surface area contributed by atoms with Gasteiger partial charge in [-0.3, -0.25) is 4.79 Å². The van der Waals surface area contributed by atoms with E-state index in [1.165, 1.54) is 19.3 Å². The van der Waals surface area contributed by atoms with Gasteiger partial charge in [0.2, 0.25) is 5.91 Å². The quantitative estimate of drug-likeness (QED) is 0.627. The Kier molecular flexibility index (Phi) is 1.68. The first-order valence-electron chi connectivity index (χ1n) is 5.61. The standard InChI is InChI=1S/C11H16FNO/c12-9-5-8(6-9)10(14)13-4-3-11(7-13)1-2-11/h8-9H,1-7H2/t8-,9-. The Labute approximate surface area is 83.5 Å². The fourth-order valence-corrected chi connectivity index (χ4v) is 2.72. The van der Waals surface area contributed by atoms with Gasteiger partial charge in [0.1, 0.15) is 6.17 Å². The van der Waals surface area contributed by atoms with E-state index in [1.54, 1.807) is 0 Å². The highest BCUT2D eigenvalue weighted by molar-refractivity contribution is 5.80. The fraction of sp³-hybridized carbons (Fsp3) is 0.909. The lowest BCUT2D eigenvalue weighted by molar-refractivity contribution is -0.139. The van der Waals surface area contributed by atoms with E-state index in [9.17, 15) is 9.18 Å². The third kappa shape index (κ3) is 1.25. The van der Waals surface area contributed by atoms with Crippen LogP contribution in [0.25, 0.3) is 0 Å². The van der Waals surface area contributed by atoms with E-state index in [0.717, 1.165) is 13.1 Å². The van der Waals surface area contributed by atoms with Crippen LogP contribution in [-0.4, -0.2) is 30.1 Å². The number of carbonyl (C=O) groups is 1. The minimum absolute atomic E-state index is 0.0129. The zero-order valence-corrected chi connectivity index (χ0v) is 8.34. The molecule has 1 aliphatic heterocycles. The van der Waals surface area contributed by atoms with Gasteiger partial charge in [-0.05, 0) is 37.5 Å². The lowest BCUT2D eigenvalue weighted by Gasteiger charge is -2.32. The number of alkyl halides is 1. The third-order valence-electron chi connectivity index (χ3n) is 4.14. The van der Waals surface area contributed by atoms with Crippen LogP contribution in [0, 0.1) is 11.3 Å². The predicted molar refractivity (Wildman–Crippen MR) is 50.5 cm³/mol. The Hall–Kier alpha value is -0.600. The Bertz CT molecular complexity index is 268. The lowest BCUT2D eigenvalue weighted by Crippen LogP contribution is -2.41. The predicted octanol–water partition coefficient (Wildman–Crippen LogP) is 1.75. The summed E-state index contributed by atoms with van der Waals surface area (Å²) in [6.45, 7) is 1.88. The molecule has 1 saturated heterocycles. The first-order valence-corrected chi connectivity index (χ1v) is 5.61. The largest absolute Gasteiger partial charge is 0.342 e. The maximum atomic E-state index is 12.6. The average molecular weight is 197 g/mol. The van der Waals surface area contributed by atoms with Crippen LogP contribution < -0.4 is 0 Å². The lowest BCUT2D eigenvalue weighted by atomic mass is 9.82. The zero-order valence-electron chi connectivity index (χ0n) is 8.34. The third-order valence-corrected chi connectivity index (χ3v) is 4.14. The first-order chi connectivity index (χ1) is 6.69. The van der Waals surface area contributed by atoms with E-state index >= 15 is 0 Å². The molecule has 0 aromatic heterocycles. The second kappa shape index (κ2) is 2.71. The topological polar surface area (TPSA) is 20.3 Å². The van der Waals surface area contributed by atoms with Gasteiger partial charge in [0, 0.05) is 19.0 Å². The molecular formula is C11H16FNO. The van der Waals surface area contributed by atoms with E-state index in [0.29, 0.717) is 18.3 Å². The molecule has 78 valence electrons. The number of halogens is 1. The highest BCUT2D eigenvalue weighted by atomic mass is 19.1. The summed E-state index contributed by atoms with van der Waals surface area (Å²) in [5.41, 5.74) is 0.508. The Balaban J connectivity index is 1.58. The number of likely N-dealkylation sites (tertiary alicyclic amines) is 1. The molecule has 0 aromatic rings. The van der Waals surface area contributed by atoms with Crippen molar-refractivity contribution in [2.45, 2.75) is 38.3 Å². The van der Waals surface area contributed by atoms with Crippen molar-refractivity contribution in [3.8, 4) is 0 Å². The van der Waals surface area contributed by atoms with Crippen LogP contribution in [0.2, 0.25) is 0 Å². The molecule has 0 bridgehead atoms. The minimum Gasteiger partial charge on any atom is -0.342 e. The van der Waals surface area contributed by atoms with Crippen LogP contribution in [0.15, 0.2) is 0 Å². The van der Waals surface area contributed by atoms with Crippen molar-refractivity contribution in [2.24, 2.45) is 11.3 Å². The molecule has 0 radical (unpaired) electrons. The summed E-state index contributed by atoms with van der Waals surface area (Å²) in [5, 5.41) is 0. The first kappa shape index (κ1) is 8.69. The molecule has 0 atom stereocenters. The number of amides is 1. The molecular weight excluding hydrogens is 181 g/mol. The van der Waals surface area contributed by atoms with Crippen LogP contribution in [-0.2, 0) is 4.79 Å². The molecule has 1 amide bonds. The molecule has 3 heteroatoms. The summed E-state index contributed by atoms with van der Waals surface area (Å²) < 4.78 is 12.6. The van der Waals surface area contributed by atoms with Crippen molar-refractivity contribution in [3.05, 3.63) is 0 Å². The van der Waals surface area contributed by atoms with E-state index in [4.69, 9.17) is 0 Å². The van der Waals surface area contributed by atoms with Crippen LogP contribution in [0.5, 0.6) is 0 Å². The van der Waals surface area contributed by atoms with E-state index < -0.39 is 6.17 Å². The van der Waals surface area contributed by atoms with E-state index in [2.05, 4.69) is 0 Å². The minimum atomic E-state index is -0.707. The average Bonchev–Trinajstić information content (AvgIpc) is 2.70. The highest BCUT2D eigenvalue weighted by Gasteiger charge is 2.50. The fourth-order valence-electron chi connectivity index (χ4n) is 2.72. The smallest absolute Gasteiger partial charge is 0.225 e. The summed E-state index contributed by atoms with van der Waals surface area (Å²) in [5.74, 6) is 0.238. The summed E-state index contributed by atoms with van der Waals surface area (Å²) in [6, 6.07) is 0. The number of hydrogen-bond acceptors (Lipinski definition) is 1. The second-order valence-electron chi connectivity index (χ2n) is 5.28. The van der Waals surface area contributed by atoms with Gasteiger partial charge >= 0.3 is 0 Å². The normalized spacial score (nSPS) is 38.5. The van der Waals surface area contributed by atoms with Crippen molar-refractivity contribution in [1.82, 2.24) is 4.90 Å². The second-order valence-corrected chi connectivity index (χ2v) is 5.28. The number of rotatable bonds is 1. The zero-order chi connectivity index (χ0) is 9.76. The molecule has 0 N–H and O–H groups in total. The molecule has 2 nitrogen and oxygen atoms in total. The van der Waals surface area contributed by atoms with Crippen LogP contribution in [0.3, 0.4) is 0 Å². The Morgan fingerprint density at radius 1 is 1.29 bits per heavy atom. The van der Waals surface area contributed by atoms with Crippen LogP contribution >= 0.6 is 0 Å². The van der Waals surface area contributed by atoms with Crippen molar-refractivity contribution in [2.75, 3.05) is 13.1 Å². The number of nitrogens with zero attached hydrogens (tertiary/aromatic N) is 1. The summed E-state index contributed by atoms with van der Waals surface area (Å²) in [6.07, 6.45) is 4.02. The molecule has 3 rings (SSSR count). The molecule has 1 heterocycles. The van der Waals surface area contributed by atoms with Gasteiger partial charge in [0.05, 0.1) is 0 Å². The van der Waals surface area contributed by atoms with Crippen LogP contribution in [0.1, 0.15) is 32.1 Å². The van der Waals surface area contributed by atoms with Crippen molar-refractivity contribution >= 4 is 5.91 Å². The van der Waals surface area contributed by atoms with Gasteiger partial charge in [-0.2, -0.15) is 0 Å². The molecule has 1 spiro atoms. The highest BCUT2D eigenvalue weighted by Crippen LogP contribution is 2.53. The molecule has 2 saturated carbocycles. The van der Waals surface area contributed by atoms with Gasteiger partial charge in [-0.1, -0.05) is 0 Å². The van der Waals surface area contributed by atoms with E-state index in [-0.39, 0.29) is 11.8 Å². The maximum Gasteiger partial charge on any atom is 0.225 e. The maximum absolute atomic E-state index is 12.6. The van der Waals surface area contributed by atoms with Crippen molar-refractivity contribution in [3.63, 3.8) is 0 Å². The van der Waals surface area contributed by atoms with E-state index in [1.807, 2.05) is 4.90 Å². The molecule has 3 fully saturated rings. The van der Waals surface area contributed by atoms with Gasteiger partial charge in [0.15, 0.2) is 0 Å². The molecule has 14 heavy (non-hydrogen) atoms. The summed E-state index contributed by atoms with van der Waals surface area (Å²) in [4.78, 5) is 13.8. The van der Waals surface area contributed by atoms with Gasteiger partial charge in [-0.15, -0.1) is 0 Å². The number of hydrogen-bond donors (Lipinski definition) is 0. The summed E-state index contributed by atoms with van der Waals surface area (Å²) >= 11 is 0. The Morgan fingerprint density at radius 2 is 2.00 bits per heavy atom. The molecule has 3 aliphatic rings. The molecule has 2 aliphatic carbocycles. The SMILES string of the molecule is O=C([C@H]1C[C@H](F)C1)N1CCC2(CC2)C1. The van der Waals surface area contributed by atoms with Crippen molar-refractivity contribution in [1.29, 1.82) is 0 Å². The number of carbonyl (C=O) groups excluding carboxylic acids is 1. The van der Waals surface area contributed by atoms with Crippen LogP contribution in [0.4, 0.5) is 4.39 Å². The van der Waals surface area contributed by atoms with Gasteiger partial charge in [-0.25, -0.2) is 4.39 Å².